The second-order valence-corrected chi connectivity index (χ2v) is 4.31. The Balaban J connectivity index is 3.03. The second kappa shape index (κ2) is 4.21. The lowest BCUT2D eigenvalue weighted by Crippen LogP contribution is -1.28. The molecule has 0 rings (SSSR count). The van der Waals surface area contributed by atoms with Gasteiger partial charge in [0.2, 0.25) is 0 Å². The summed E-state index contributed by atoms with van der Waals surface area (Å²) in [6.07, 6.45) is 0. The summed E-state index contributed by atoms with van der Waals surface area (Å²) in [5, 5.41) is 0. The zero-order valence-electron chi connectivity index (χ0n) is 2.74. The molecule has 0 N–H and O–H groups in total. The maximum Gasteiger partial charge on any atom is 0.110 e. The van der Waals surface area contributed by atoms with Gasteiger partial charge in [-0.25, -0.2) is 0 Å². The van der Waals surface area contributed by atoms with Crippen molar-refractivity contribution in [3.8, 4) is 0 Å². The molecule has 0 unspecified atom stereocenters. The maximum absolute atomic E-state index is 5.24. The molecule has 0 heterocycles. The van der Waals surface area contributed by atoms with E-state index in [1.807, 2.05) is 0 Å². The molecule has 0 nitrogen and oxygen atoms in total. The molecule has 0 aliphatic rings. The summed E-state index contributed by atoms with van der Waals surface area (Å²) >= 11 is 15.5. The monoisotopic (exact) mass is 162 g/mol. The third-order valence-electron chi connectivity index (χ3n) is 0.169. The van der Waals surface area contributed by atoms with Crippen LogP contribution in [0.4, 0.5) is 0 Å². The Morgan fingerprint density at radius 2 is 1.83 bits per heavy atom. The highest BCUT2D eigenvalue weighted by Gasteiger charge is 1.84. The summed E-state index contributed by atoms with van der Waals surface area (Å²) in [6.45, 7) is -0.969. The predicted molar refractivity (Wildman–Crippen MR) is 33.6 cm³/mol. The lowest BCUT2D eigenvalue weighted by Gasteiger charge is -1.79. The highest BCUT2D eigenvalue weighted by molar-refractivity contribution is 8.06. The Morgan fingerprint density at radius 3 is 1.83 bits per heavy atom. The van der Waals surface area contributed by atoms with Crippen LogP contribution in [0.1, 0.15) is 0 Å². The number of halogens is 3. The molecular formula is C2H2Cl3P. The van der Waals surface area contributed by atoms with E-state index in [4.69, 9.17) is 34.1 Å². The van der Waals surface area contributed by atoms with Gasteiger partial charge in [0.05, 0.1) is 0 Å². The topological polar surface area (TPSA) is 0 Å². The largest absolute Gasteiger partial charge is 0.110 e. The molecule has 4 heteroatoms. The van der Waals surface area contributed by atoms with E-state index in [2.05, 4.69) is 0 Å². The third-order valence-corrected chi connectivity index (χ3v) is 1.52. The second-order valence-electron chi connectivity index (χ2n) is 0.534. The van der Waals surface area contributed by atoms with Crippen LogP contribution in [0.25, 0.3) is 0 Å². The quantitative estimate of drug-likeness (QED) is 0.519. The molecule has 0 aromatic heterocycles. The van der Waals surface area contributed by atoms with Crippen LogP contribution in [0, 0.1) is 0 Å². The molecule has 0 fully saturated rings. The molecule has 0 bridgehead atoms. The average molecular weight is 163 g/mol. The van der Waals surface area contributed by atoms with Crippen LogP contribution >= 0.6 is 40.7 Å². The van der Waals surface area contributed by atoms with Crippen molar-refractivity contribution in [1.82, 2.24) is 0 Å². The molecular weight excluding hydrogens is 161 g/mol. The van der Waals surface area contributed by atoms with Crippen molar-refractivity contribution < 1.29 is 0 Å². The van der Waals surface area contributed by atoms with Gasteiger partial charge in [0.25, 0.3) is 0 Å². The molecule has 36 valence electrons. The van der Waals surface area contributed by atoms with E-state index in [-0.39, 0.29) is 0 Å². The molecule has 6 heavy (non-hydrogen) atoms. The first-order valence-electron chi connectivity index (χ1n) is 1.15. The standard InChI is InChI=1S/C2H2Cl3P/c3-1-2-6(4)5/h1-2H/b2-1+. The fraction of sp³-hybridized carbons (Fsp3) is 0. The Kier molecular flexibility index (Phi) is 4.93. The Morgan fingerprint density at radius 1 is 1.33 bits per heavy atom. The molecule has 0 aliphatic carbocycles. The first-order valence-corrected chi connectivity index (χ1v) is 4.81. The van der Waals surface area contributed by atoms with Crippen molar-refractivity contribution in [3.05, 3.63) is 11.4 Å². The summed E-state index contributed by atoms with van der Waals surface area (Å²) < 4.78 is 0. The maximum atomic E-state index is 5.24. The summed E-state index contributed by atoms with van der Waals surface area (Å²) in [7, 11) is 0. The third kappa shape index (κ3) is 5.04. The van der Waals surface area contributed by atoms with Gasteiger partial charge in [-0.15, -0.1) is 0 Å². The van der Waals surface area contributed by atoms with E-state index < -0.39 is 6.63 Å². The van der Waals surface area contributed by atoms with E-state index in [0.717, 1.165) is 0 Å². The van der Waals surface area contributed by atoms with Crippen LogP contribution in [-0.4, -0.2) is 0 Å². The van der Waals surface area contributed by atoms with Gasteiger partial charge in [0.1, 0.15) is 6.63 Å². The highest BCUT2D eigenvalue weighted by Crippen LogP contribution is 2.48. The molecule has 0 aromatic rings. The van der Waals surface area contributed by atoms with Crippen LogP contribution in [-0.2, 0) is 0 Å². The number of rotatable bonds is 1. The van der Waals surface area contributed by atoms with Crippen LogP contribution in [0.3, 0.4) is 0 Å². The van der Waals surface area contributed by atoms with Crippen LogP contribution in [0.5, 0.6) is 0 Å². The summed E-state index contributed by atoms with van der Waals surface area (Å²) in [6, 6.07) is 0. The van der Waals surface area contributed by atoms with Crippen molar-refractivity contribution >= 4 is 40.7 Å². The summed E-state index contributed by atoms with van der Waals surface area (Å²) in [5.74, 6) is 1.53. The highest BCUT2D eigenvalue weighted by atomic mass is 35.9. The smallest absolute Gasteiger partial charge is 0.0928 e. The number of hydrogen-bond donors (Lipinski definition) is 0. The first-order chi connectivity index (χ1) is 2.77. The molecule has 0 atom stereocenters. The minimum absolute atomic E-state index is 0.969. The Bertz CT molecular complexity index is 50.8. The van der Waals surface area contributed by atoms with Crippen LogP contribution in [0.2, 0.25) is 0 Å². The molecule has 0 aromatic carbocycles. The van der Waals surface area contributed by atoms with Crippen molar-refractivity contribution in [1.29, 1.82) is 0 Å². The van der Waals surface area contributed by atoms with E-state index in [1.54, 1.807) is 0 Å². The minimum atomic E-state index is -0.969. The van der Waals surface area contributed by atoms with Gasteiger partial charge >= 0.3 is 0 Å². The van der Waals surface area contributed by atoms with Gasteiger partial charge in [0, 0.05) is 5.54 Å². The molecule has 0 amide bonds. The first kappa shape index (κ1) is 7.04. The molecule has 0 radical (unpaired) electrons. The van der Waals surface area contributed by atoms with Gasteiger partial charge in [-0.05, 0) is 5.82 Å². The Hall–Kier alpha value is 1.04. The van der Waals surface area contributed by atoms with E-state index in [1.165, 1.54) is 11.4 Å². The summed E-state index contributed by atoms with van der Waals surface area (Å²) in [4.78, 5) is 0. The zero-order valence-corrected chi connectivity index (χ0v) is 5.90. The van der Waals surface area contributed by atoms with Gasteiger partial charge in [-0.2, -0.15) is 0 Å². The fourth-order valence-electron chi connectivity index (χ4n) is 0.0426. The molecule has 0 saturated heterocycles. The molecule has 0 aliphatic heterocycles. The van der Waals surface area contributed by atoms with Crippen LogP contribution < -0.4 is 0 Å². The van der Waals surface area contributed by atoms with Crippen LogP contribution in [0.15, 0.2) is 11.4 Å². The van der Waals surface area contributed by atoms with Crippen molar-refractivity contribution in [3.63, 3.8) is 0 Å². The molecule has 0 saturated carbocycles. The fourth-order valence-corrected chi connectivity index (χ4v) is 1.15. The lowest BCUT2D eigenvalue weighted by molar-refractivity contribution is 2.52. The lowest BCUT2D eigenvalue weighted by atomic mass is 11.3. The van der Waals surface area contributed by atoms with Crippen molar-refractivity contribution in [2.45, 2.75) is 0 Å². The van der Waals surface area contributed by atoms with Crippen molar-refractivity contribution in [2.75, 3.05) is 0 Å². The number of hydrogen-bond acceptors (Lipinski definition) is 0. The average Bonchev–Trinajstić information content (AvgIpc) is 1.35. The zero-order chi connectivity index (χ0) is 4.99. The summed E-state index contributed by atoms with van der Waals surface area (Å²) in [5.41, 5.74) is 1.31. The van der Waals surface area contributed by atoms with Gasteiger partial charge < -0.3 is 0 Å². The van der Waals surface area contributed by atoms with Gasteiger partial charge in [-0.3, -0.25) is 0 Å². The van der Waals surface area contributed by atoms with Gasteiger partial charge in [-0.1, -0.05) is 34.1 Å². The van der Waals surface area contributed by atoms with Gasteiger partial charge in [0.15, 0.2) is 0 Å². The van der Waals surface area contributed by atoms with Crippen molar-refractivity contribution in [2.24, 2.45) is 0 Å². The SMILES string of the molecule is Cl/C=C/P(Cl)Cl. The van der Waals surface area contributed by atoms with E-state index >= 15 is 0 Å². The predicted octanol–water partition coefficient (Wildman–Crippen LogP) is 3.49. The Labute approximate surface area is 52.4 Å². The molecule has 0 spiro atoms. The minimum Gasteiger partial charge on any atom is -0.0928 e. The van der Waals surface area contributed by atoms with E-state index in [9.17, 15) is 0 Å². The van der Waals surface area contributed by atoms with E-state index in [0.29, 0.717) is 0 Å². The normalized spacial score (nSPS) is 11.3.